The van der Waals surface area contributed by atoms with Crippen LogP contribution in [0.4, 0.5) is 13.2 Å². The van der Waals surface area contributed by atoms with E-state index in [0.29, 0.717) is 5.56 Å². The Morgan fingerprint density at radius 2 is 1.94 bits per heavy atom. The smallest absolute Gasteiger partial charge is 0.410 e. The van der Waals surface area contributed by atoms with Crippen molar-refractivity contribution in [2.24, 2.45) is 5.41 Å². The average molecular weight is 471 g/mol. The van der Waals surface area contributed by atoms with E-state index in [4.69, 9.17) is 0 Å². The van der Waals surface area contributed by atoms with Crippen LogP contribution in [0.2, 0.25) is 0 Å². The molecule has 10 heteroatoms. The van der Waals surface area contributed by atoms with Crippen molar-refractivity contribution in [3.05, 3.63) is 60.2 Å². The molecule has 0 saturated heterocycles. The van der Waals surface area contributed by atoms with Crippen LogP contribution in [0.5, 0.6) is 5.75 Å². The van der Waals surface area contributed by atoms with Gasteiger partial charge in [-0.05, 0) is 54.2 Å². The molecule has 1 heterocycles. The minimum atomic E-state index is -3.80. The van der Waals surface area contributed by atoms with Gasteiger partial charge in [0.1, 0.15) is 18.1 Å². The lowest BCUT2D eigenvalue weighted by Gasteiger charge is -2.23. The summed E-state index contributed by atoms with van der Waals surface area (Å²) in [7, 11) is -3.80. The first-order chi connectivity index (χ1) is 15.0. The number of carbonyl (C=O) groups excluding carboxylic acids is 1. The van der Waals surface area contributed by atoms with E-state index in [1.165, 1.54) is 12.4 Å². The lowest BCUT2D eigenvalue weighted by atomic mass is 9.98. The highest BCUT2D eigenvalue weighted by Crippen LogP contribution is 2.48. The molecule has 1 saturated carbocycles. The van der Waals surface area contributed by atoms with Crippen LogP contribution in [0.1, 0.15) is 31.7 Å². The lowest BCUT2D eigenvalue weighted by molar-refractivity contribution is -0.172. The zero-order valence-corrected chi connectivity index (χ0v) is 18.4. The van der Waals surface area contributed by atoms with Gasteiger partial charge in [0.25, 0.3) is 0 Å². The second kappa shape index (κ2) is 9.58. The molecule has 1 N–H and O–H groups in total. The maximum Gasteiger partial charge on any atom is 0.410 e. The van der Waals surface area contributed by atoms with Crippen molar-refractivity contribution < 1.29 is 31.1 Å². The molecule has 0 radical (unpaired) electrons. The molecule has 6 nitrogen and oxygen atoms in total. The topological polar surface area (TPSA) is 85.4 Å². The minimum absolute atomic E-state index is 0.109. The number of Topliss-reactive ketones (excluding diaryl/α,β-unsaturated/α-hetero) is 1. The van der Waals surface area contributed by atoms with Crippen molar-refractivity contribution in [2.45, 2.75) is 44.1 Å². The number of nitrogens with one attached hydrogen (secondary N) is 1. The molecule has 0 bridgehead atoms. The van der Waals surface area contributed by atoms with Gasteiger partial charge in [0.05, 0.1) is 17.5 Å². The summed E-state index contributed by atoms with van der Waals surface area (Å²) in [5.74, 6) is -2.26. The fourth-order valence-electron chi connectivity index (χ4n) is 3.20. The molecule has 1 aliphatic carbocycles. The number of alkyl halides is 2. The first-order valence-corrected chi connectivity index (χ1v) is 12.0. The average Bonchev–Trinajstić information content (AvgIpc) is 3.43. The van der Waals surface area contributed by atoms with Crippen LogP contribution in [-0.4, -0.2) is 43.6 Å². The zero-order chi connectivity index (χ0) is 23.4. The van der Waals surface area contributed by atoms with E-state index >= 15 is 0 Å². The Kier molecular flexibility index (Phi) is 7.24. The number of ether oxygens (including phenoxy) is 1. The molecule has 1 aromatic heterocycles. The molecule has 0 spiro atoms. The Bertz CT molecular complexity index is 1030. The van der Waals surface area contributed by atoms with Crippen molar-refractivity contribution in [3.63, 3.8) is 0 Å². The van der Waals surface area contributed by atoms with E-state index < -0.39 is 45.9 Å². The summed E-state index contributed by atoms with van der Waals surface area (Å²) in [6.07, 6.45) is 0.932. The fourth-order valence-corrected chi connectivity index (χ4v) is 4.81. The molecule has 1 atom stereocenters. The first-order valence-electron chi connectivity index (χ1n) is 10.1. The van der Waals surface area contributed by atoms with Gasteiger partial charge in [-0.3, -0.25) is 15.1 Å². The number of benzene rings is 1. The monoisotopic (exact) mass is 470 g/mol. The number of nitrogens with zero attached hydrogens (tertiary/aromatic N) is 1. The van der Waals surface area contributed by atoms with Gasteiger partial charge in [-0.1, -0.05) is 13.0 Å². The Balaban J connectivity index is 1.67. The number of ketones is 1. The third kappa shape index (κ3) is 7.59. The van der Waals surface area contributed by atoms with Crippen molar-refractivity contribution in [3.8, 4) is 5.75 Å². The molecule has 0 amide bonds. The van der Waals surface area contributed by atoms with Crippen LogP contribution in [-0.2, 0) is 20.4 Å². The number of halogens is 3. The Morgan fingerprint density at radius 1 is 1.25 bits per heavy atom. The van der Waals surface area contributed by atoms with Gasteiger partial charge in [0.2, 0.25) is 0 Å². The number of aromatic nitrogens is 1. The molecule has 1 fully saturated rings. The fraction of sp³-hybridized carbons (Fsp3) is 0.455. The van der Waals surface area contributed by atoms with Crippen LogP contribution in [0, 0.1) is 11.2 Å². The van der Waals surface area contributed by atoms with Crippen LogP contribution in [0.25, 0.3) is 0 Å². The molecule has 1 aliphatic rings. The number of rotatable bonds is 12. The first kappa shape index (κ1) is 24.2. The molecule has 0 unspecified atom stereocenters. The van der Waals surface area contributed by atoms with Crippen molar-refractivity contribution in [2.75, 3.05) is 12.3 Å². The van der Waals surface area contributed by atoms with Gasteiger partial charge in [0.15, 0.2) is 15.6 Å². The Labute approximate surface area is 185 Å². The van der Waals surface area contributed by atoms with Gasteiger partial charge in [-0.25, -0.2) is 12.8 Å². The third-order valence-electron chi connectivity index (χ3n) is 5.26. The van der Waals surface area contributed by atoms with Gasteiger partial charge in [0, 0.05) is 18.8 Å². The number of pyridine rings is 1. The highest BCUT2D eigenvalue weighted by atomic mass is 32.2. The van der Waals surface area contributed by atoms with E-state index in [1.54, 1.807) is 12.1 Å². The summed E-state index contributed by atoms with van der Waals surface area (Å²) in [6.45, 7) is 0.818. The molecule has 3 rings (SSSR count). The van der Waals surface area contributed by atoms with Gasteiger partial charge >= 0.3 is 6.11 Å². The van der Waals surface area contributed by atoms with Gasteiger partial charge < -0.3 is 4.74 Å². The van der Waals surface area contributed by atoms with E-state index in [9.17, 15) is 26.4 Å². The molecule has 2 aromatic rings. The van der Waals surface area contributed by atoms with Crippen LogP contribution in [0.3, 0.4) is 0 Å². The van der Waals surface area contributed by atoms with E-state index in [0.717, 1.165) is 37.1 Å². The largest absolute Gasteiger partial charge is 0.432 e. The highest BCUT2D eigenvalue weighted by molar-refractivity contribution is 7.90. The summed E-state index contributed by atoms with van der Waals surface area (Å²) in [5, 5.41) is 2.39. The van der Waals surface area contributed by atoms with Crippen molar-refractivity contribution in [1.29, 1.82) is 0 Å². The van der Waals surface area contributed by atoms with Crippen molar-refractivity contribution >= 4 is 15.6 Å². The molecular formula is C22H25F3N2O4S. The summed E-state index contributed by atoms with van der Waals surface area (Å²) in [6, 6.07) is 5.93. The SMILES string of the molecule is CC1(CC(=O)[C@H](CS(=O)(=O)Cc2cccnc2)NCC(F)(F)Oc2ccc(F)cc2)CC1. The van der Waals surface area contributed by atoms with E-state index in [1.807, 2.05) is 6.92 Å². The number of hydrogen-bond acceptors (Lipinski definition) is 6. The second-order valence-electron chi connectivity index (χ2n) is 8.50. The summed E-state index contributed by atoms with van der Waals surface area (Å²) in [5.41, 5.74) is 0.231. The number of sulfone groups is 1. The zero-order valence-electron chi connectivity index (χ0n) is 17.6. The lowest BCUT2D eigenvalue weighted by Crippen LogP contribution is -2.49. The maximum absolute atomic E-state index is 14.3. The maximum atomic E-state index is 14.3. The van der Waals surface area contributed by atoms with Gasteiger partial charge in [-0.15, -0.1) is 0 Å². The predicted octanol–water partition coefficient (Wildman–Crippen LogP) is 3.52. The van der Waals surface area contributed by atoms with Crippen LogP contribution < -0.4 is 10.1 Å². The quantitative estimate of drug-likeness (QED) is 0.511. The Hall–Kier alpha value is -2.46. The summed E-state index contributed by atoms with van der Waals surface area (Å²) in [4.78, 5) is 16.6. The van der Waals surface area contributed by atoms with E-state index in [-0.39, 0.29) is 23.3 Å². The molecule has 0 aliphatic heterocycles. The van der Waals surface area contributed by atoms with Gasteiger partial charge in [-0.2, -0.15) is 8.78 Å². The molecule has 1 aromatic carbocycles. The van der Waals surface area contributed by atoms with Crippen LogP contribution in [0.15, 0.2) is 48.8 Å². The normalized spacial score (nSPS) is 16.4. The third-order valence-corrected chi connectivity index (χ3v) is 6.87. The van der Waals surface area contributed by atoms with Crippen molar-refractivity contribution in [1.82, 2.24) is 10.3 Å². The standard InChI is InChI=1S/C22H25F3N2O4S/c1-21(8-9-21)11-20(28)19(14-32(29,30)13-16-3-2-10-26-12-16)27-15-22(24,25)31-18-6-4-17(23)5-7-18/h2-7,10,12,19,27H,8-9,11,13-15H2,1H3/t19-/m0/s1. The number of hydrogen-bond donors (Lipinski definition) is 1. The highest BCUT2D eigenvalue weighted by Gasteiger charge is 2.42. The molecular weight excluding hydrogens is 445 g/mol. The van der Waals surface area contributed by atoms with Crippen LogP contribution >= 0.6 is 0 Å². The van der Waals surface area contributed by atoms with E-state index in [2.05, 4.69) is 15.0 Å². The second-order valence-corrected chi connectivity index (χ2v) is 10.6. The minimum Gasteiger partial charge on any atom is -0.432 e. The molecule has 32 heavy (non-hydrogen) atoms. The Morgan fingerprint density at radius 3 is 2.53 bits per heavy atom. The number of carbonyl (C=O) groups is 1. The summed E-state index contributed by atoms with van der Waals surface area (Å²) >= 11 is 0. The molecule has 174 valence electrons. The predicted molar refractivity (Wildman–Crippen MR) is 112 cm³/mol. The summed E-state index contributed by atoms with van der Waals surface area (Å²) < 4.78 is 71.5.